The summed E-state index contributed by atoms with van der Waals surface area (Å²) in [4.78, 5) is 229. The lowest BCUT2D eigenvalue weighted by molar-refractivity contribution is -0.139. The van der Waals surface area contributed by atoms with E-state index in [0.29, 0.717) is 45.3 Å². The summed E-state index contributed by atoms with van der Waals surface area (Å²) in [7, 11) is 1.80. The van der Waals surface area contributed by atoms with E-state index in [1.54, 1.807) is 97.2 Å². The molecule has 2 aliphatic heterocycles. The number of aliphatic carboxylic acids is 2. The Balaban J connectivity index is 1.12. The summed E-state index contributed by atoms with van der Waals surface area (Å²) in [5.74, 6) is -20.2. The number of H-pyrrole nitrogens is 3. The number of para-hydroxylation sites is 1. The fourth-order valence-corrected chi connectivity index (χ4v) is 17.7. The van der Waals surface area contributed by atoms with Crippen LogP contribution in [0.2, 0.25) is 0 Å². The minimum absolute atomic E-state index is 0.0139. The lowest BCUT2D eigenvalue weighted by Gasteiger charge is -2.28. The number of nitrogens with one attached hydrogen (secondary N) is 14. The van der Waals surface area contributed by atoms with Crippen LogP contribution in [0.5, 0.6) is 0 Å². The number of carboxylic acids is 2. The number of aromatic nitrogens is 5. The lowest BCUT2D eigenvalue weighted by Crippen LogP contribution is -2.61. The Kier molecular flexibility index (Phi) is 34.4. The molecule has 0 saturated carbocycles. The first-order valence-electron chi connectivity index (χ1n) is 40.7. The Morgan fingerprint density at radius 3 is 1.61 bits per heavy atom. The van der Waals surface area contributed by atoms with Crippen molar-refractivity contribution in [3.05, 3.63) is 186 Å². The average molecular weight is 1710 g/mol. The molecule has 5 heterocycles. The third-order valence-electron chi connectivity index (χ3n) is 21.8. The van der Waals surface area contributed by atoms with Crippen molar-refractivity contribution < 1.29 is 77.3 Å². The van der Waals surface area contributed by atoms with E-state index in [1.807, 2.05) is 24.3 Å². The lowest BCUT2D eigenvalue weighted by atomic mass is 9.81. The van der Waals surface area contributed by atoms with Crippen LogP contribution < -0.4 is 59.3 Å². The van der Waals surface area contributed by atoms with Gasteiger partial charge >= 0.3 is 11.9 Å². The number of allylic oxidation sites excluding steroid dienone is 1. The van der Waals surface area contributed by atoms with Crippen LogP contribution in [0.1, 0.15) is 136 Å². The van der Waals surface area contributed by atoms with Gasteiger partial charge in [-0.25, -0.2) is 9.97 Å². The number of guanidine groups is 1. The number of rotatable bonds is 27. The Morgan fingerprint density at radius 2 is 0.967 bits per heavy atom. The Bertz CT molecular complexity index is 4880. The van der Waals surface area contributed by atoms with Gasteiger partial charge in [0.25, 0.3) is 0 Å². The second kappa shape index (κ2) is 45.7. The molecule has 2 fully saturated rings. The molecule has 34 nitrogen and oxygen atoms in total. The quantitative estimate of drug-likeness (QED) is 0.0148. The highest BCUT2D eigenvalue weighted by Crippen LogP contribution is 2.35. The zero-order valence-corrected chi connectivity index (χ0v) is 68.9. The number of nitrogens with zero attached hydrogens (tertiary/aromatic N) is 2. The molecule has 20 N–H and O–H groups in total. The first-order chi connectivity index (χ1) is 58.7. The van der Waals surface area contributed by atoms with Gasteiger partial charge in [-0.3, -0.25) is 77.9 Å². The van der Waals surface area contributed by atoms with Gasteiger partial charge in [0.05, 0.1) is 35.9 Å². The number of aromatic amines is 3. The van der Waals surface area contributed by atoms with Crippen LogP contribution in [0.15, 0.2) is 147 Å². The number of unbranched alkanes of at least 4 members (excludes halogenated alkanes) is 1. The maximum absolute atomic E-state index is 15.8. The summed E-state index contributed by atoms with van der Waals surface area (Å²) in [6, 6.07) is 18.6. The second-order valence-electron chi connectivity index (χ2n) is 30.9. The van der Waals surface area contributed by atoms with Crippen molar-refractivity contribution in [2.45, 2.75) is 183 Å². The van der Waals surface area contributed by atoms with E-state index in [1.165, 1.54) is 25.0 Å². The SMILES string of the molecule is N=C(N)CCCC[C@@H]1NC(=O)[C@@H](Cc2ccccc2)NC(=O)[C@H](Cc2c[nH]cn2)NC(=O)[C@@H]2CSSC[C@H](CC(=O)[C@H](CCC(=O)O)CC(=O)[C@H](CC3=CCc4ccccc43)NC1=O)C(=O)C[C@@H](Cc1c[nH]cn1)C(=O)C[C@H](Cc1ccccc1)C(=O)N[C@@H](CCCNC(=N)N)C(=O)N[C@@H](Cc1c[nH]c3ccccc13)C(=O)N[C@@H](CCC(=O)O)C(=O)N2. The maximum Gasteiger partial charge on any atom is 0.303 e. The molecule has 2 saturated heterocycles. The molecule has 646 valence electrons. The van der Waals surface area contributed by atoms with Gasteiger partial charge in [0.2, 0.25) is 47.3 Å². The number of ketones is 4. The number of Topliss-reactive ketones (excluding diaryl/α,β-unsaturated/α-hetero) is 4. The molecule has 10 rings (SSSR count). The van der Waals surface area contributed by atoms with Crippen LogP contribution in [-0.2, 0) is 106 Å². The average Bonchev–Trinajstić information content (AvgIpc) is 1.65. The first-order valence-corrected chi connectivity index (χ1v) is 43.2. The van der Waals surface area contributed by atoms with E-state index < -0.39 is 217 Å². The summed E-state index contributed by atoms with van der Waals surface area (Å²) >= 11 is 0. The molecule has 3 aliphatic rings. The van der Waals surface area contributed by atoms with E-state index in [2.05, 4.69) is 72.8 Å². The minimum atomic E-state index is -1.84. The third-order valence-corrected chi connectivity index (χ3v) is 24.3. The molecule has 0 spiro atoms. The van der Waals surface area contributed by atoms with E-state index in [9.17, 15) is 19.8 Å². The van der Waals surface area contributed by atoms with Gasteiger partial charge in [-0.15, -0.1) is 0 Å². The Hall–Kier alpha value is -12.6. The van der Waals surface area contributed by atoms with Gasteiger partial charge in [-0.1, -0.05) is 137 Å². The molecule has 3 aromatic heterocycles. The van der Waals surface area contributed by atoms with Crippen LogP contribution in [-0.4, -0.2) is 196 Å². The summed E-state index contributed by atoms with van der Waals surface area (Å²) < 4.78 is 0. The molecular formula is C86H104N18O16S2. The van der Waals surface area contributed by atoms with Gasteiger partial charge in [0.1, 0.15) is 59.6 Å². The topological polar surface area (TPSA) is 561 Å². The summed E-state index contributed by atoms with van der Waals surface area (Å²) in [6.07, 6.45) is 3.48. The second-order valence-corrected chi connectivity index (χ2v) is 33.5. The zero-order chi connectivity index (χ0) is 87.2. The number of imidazole rings is 2. The number of hydrogen-bond donors (Lipinski definition) is 18. The third kappa shape index (κ3) is 28.0. The number of nitrogens with two attached hydrogens (primary N) is 2. The normalized spacial score (nSPS) is 23.2. The molecular weight excluding hydrogens is 1610 g/mol. The molecule has 1 aliphatic carbocycles. The van der Waals surface area contributed by atoms with Crippen LogP contribution >= 0.6 is 21.6 Å². The van der Waals surface area contributed by atoms with E-state index in [-0.39, 0.29) is 101 Å². The highest BCUT2D eigenvalue weighted by Gasteiger charge is 2.41. The van der Waals surface area contributed by atoms with Gasteiger partial charge < -0.3 is 84.5 Å². The highest BCUT2D eigenvalue weighted by molar-refractivity contribution is 8.76. The number of carbonyl (C=O) groups is 14. The number of hydrogen-bond acceptors (Lipinski definition) is 20. The van der Waals surface area contributed by atoms with Crippen LogP contribution in [0.3, 0.4) is 0 Å². The van der Waals surface area contributed by atoms with Crippen molar-refractivity contribution in [2.24, 2.45) is 35.1 Å². The fourth-order valence-electron chi connectivity index (χ4n) is 15.2. The molecule has 2 bridgehead atoms. The molecule has 0 unspecified atom stereocenters. The smallest absolute Gasteiger partial charge is 0.303 e. The number of amidine groups is 1. The van der Waals surface area contributed by atoms with E-state index in [4.69, 9.17) is 22.3 Å². The summed E-state index contributed by atoms with van der Waals surface area (Å²) in [5.41, 5.74) is 16.5. The first kappa shape index (κ1) is 91.7. The standard InChI is InChI=1S/C86H104N18O16S2/c87-75(88)24-12-11-22-63-79(114)100-66(35-52-26-25-51-18-7-8-19-60(51)52)74(108)37-53(27-29-76(109)110)71(105)40-57-45-121-122-46-70(85(120)103-69(41-59-44-92-48-96-59)84(119)101-67(82(117)98-63)33-50-16-5-2-6-17-50)104-81(116)65(28-30-77(111)112)99-83(118)68(36-56-42-94-62-21-10-9-20-61(56)62)102-80(115)64(23-13-31-93-86(89)90)97-78(113)55(32-49-14-3-1-4-15-49)39-72(106)54(38-73(57)107)34-58-43-91-47-95-58/h1-10,14-21,26,42-44,47-48,53-55,57,63-70,94H,11-13,22-25,27-41,45-46H2,(H3,87,88)(H,91,95)(H,92,96)(H,97,113)(H,98,117)(H,99,118)(H,100,114)(H,101,119)(H,102,115)(H,103,120)(H,104,116)(H,109,110)(H,111,112)(H4,89,90,93)/t53-,54-,55+,57+,63+,64+,65+,66+,67-,68+,69+,70+/m1/s1. The number of carbonyl (C=O) groups excluding carboxylic acids is 12. The van der Waals surface area contributed by atoms with Crippen molar-refractivity contribution in [1.29, 1.82) is 10.8 Å². The molecule has 0 radical (unpaired) electrons. The molecule has 122 heavy (non-hydrogen) atoms. The van der Waals surface area contributed by atoms with Crippen molar-refractivity contribution in [3.63, 3.8) is 0 Å². The molecule has 7 aromatic rings. The molecule has 4 aromatic carbocycles. The molecule has 8 amide bonds. The van der Waals surface area contributed by atoms with Crippen molar-refractivity contribution in [1.82, 2.24) is 72.8 Å². The largest absolute Gasteiger partial charge is 0.481 e. The van der Waals surface area contributed by atoms with Gasteiger partial charge in [-0.2, -0.15) is 0 Å². The van der Waals surface area contributed by atoms with Crippen molar-refractivity contribution >= 4 is 132 Å². The monoisotopic (exact) mass is 1710 g/mol. The minimum Gasteiger partial charge on any atom is -0.481 e. The van der Waals surface area contributed by atoms with Gasteiger partial charge in [0, 0.05) is 148 Å². The number of benzene rings is 4. The van der Waals surface area contributed by atoms with Gasteiger partial charge in [-0.05, 0) is 90.8 Å². The number of carboxylic acid groups (broad SMARTS) is 2. The summed E-state index contributed by atoms with van der Waals surface area (Å²) in [6.45, 7) is 0.0139. The number of amides is 8. The van der Waals surface area contributed by atoms with Gasteiger partial charge in [0.15, 0.2) is 11.7 Å². The molecule has 36 heteroatoms. The van der Waals surface area contributed by atoms with E-state index >= 15 is 57.5 Å². The fraction of sp³-hybridized carbons (Fsp3) is 0.419. The van der Waals surface area contributed by atoms with Crippen molar-refractivity contribution in [2.75, 3.05) is 18.1 Å². The predicted octanol–water partition coefficient (Wildman–Crippen LogP) is 4.24. The van der Waals surface area contributed by atoms with Crippen LogP contribution in [0, 0.1) is 34.5 Å². The van der Waals surface area contributed by atoms with Crippen LogP contribution in [0.4, 0.5) is 0 Å². The van der Waals surface area contributed by atoms with Crippen LogP contribution in [0.25, 0.3) is 16.5 Å². The molecule has 12 atom stereocenters. The Morgan fingerprint density at radius 1 is 0.451 bits per heavy atom. The summed E-state index contributed by atoms with van der Waals surface area (Å²) in [5, 5.41) is 61.8. The number of fused-ring (bicyclic) bond motifs is 7. The van der Waals surface area contributed by atoms with Crippen molar-refractivity contribution in [3.8, 4) is 0 Å². The Labute approximate surface area is 711 Å². The highest BCUT2D eigenvalue weighted by atomic mass is 33.1. The maximum atomic E-state index is 15.8. The predicted molar refractivity (Wildman–Crippen MR) is 456 cm³/mol. The zero-order valence-electron chi connectivity index (χ0n) is 67.2. The van der Waals surface area contributed by atoms with E-state index in [0.717, 1.165) is 32.7 Å².